The average Bonchev–Trinajstić information content (AvgIpc) is 2.62. The van der Waals surface area contributed by atoms with Gasteiger partial charge in [0.15, 0.2) is 17.6 Å². The number of phenolic OH excluding ortho intramolecular Hbond substituents is 1. The third-order valence-electron chi connectivity index (χ3n) is 4.07. The lowest BCUT2D eigenvalue weighted by atomic mass is 10.1. The minimum atomic E-state index is -3.38. The van der Waals surface area contributed by atoms with Gasteiger partial charge in [-0.05, 0) is 38.1 Å². The second-order valence-electron chi connectivity index (χ2n) is 6.72. The normalized spacial score (nSPS) is 13.7. The molecule has 0 fully saturated rings. The van der Waals surface area contributed by atoms with Crippen LogP contribution in [0.1, 0.15) is 13.8 Å². The lowest BCUT2D eigenvalue weighted by molar-refractivity contribution is -0.156. The van der Waals surface area contributed by atoms with Gasteiger partial charge in [-0.25, -0.2) is 17.5 Å². The summed E-state index contributed by atoms with van der Waals surface area (Å²) in [6.45, 7) is 3.04. The Bertz CT molecular complexity index is 1030. The van der Waals surface area contributed by atoms with Crippen LogP contribution in [0.5, 0.6) is 11.5 Å². The number of carbonyl (C=O) groups is 1. The number of aromatic hydroxyl groups is 1. The molecule has 0 aliphatic carbocycles. The first-order valence-corrected chi connectivity index (χ1v) is 11.4. The van der Waals surface area contributed by atoms with Crippen LogP contribution in [0, 0.1) is 0 Å². The summed E-state index contributed by atoms with van der Waals surface area (Å²) in [5, 5.41) is 11.0. The van der Waals surface area contributed by atoms with Crippen LogP contribution in [0.4, 0.5) is 0 Å². The Morgan fingerprint density at radius 2 is 1.93 bits per heavy atom. The summed E-state index contributed by atoms with van der Waals surface area (Å²) in [5.74, 6) is -0.852. The third-order valence-corrected chi connectivity index (χ3v) is 5.85. The Morgan fingerprint density at radius 3 is 2.50 bits per heavy atom. The Balaban J connectivity index is 2.04. The molecule has 2 unspecified atom stereocenters. The van der Waals surface area contributed by atoms with Crippen LogP contribution < -0.4 is 4.74 Å². The van der Waals surface area contributed by atoms with Crippen molar-refractivity contribution in [3.8, 4) is 22.8 Å². The van der Waals surface area contributed by atoms with E-state index in [0.29, 0.717) is 21.3 Å². The first kappa shape index (κ1) is 24.2. The Hall–Kier alpha value is -2.07. The van der Waals surface area contributed by atoms with E-state index in [4.69, 9.17) is 32.7 Å². The van der Waals surface area contributed by atoms with Crippen LogP contribution in [-0.2, 0) is 19.6 Å². The fourth-order valence-corrected chi connectivity index (χ4v) is 3.43. The summed E-state index contributed by atoms with van der Waals surface area (Å²) in [6.07, 6.45) is 0.777. The van der Waals surface area contributed by atoms with Gasteiger partial charge in [-0.2, -0.15) is 0 Å². The summed E-state index contributed by atoms with van der Waals surface area (Å²) in [5.41, 5.74) is 0.966. The molecule has 1 heterocycles. The highest BCUT2D eigenvalue weighted by atomic mass is 35.5. The van der Waals surface area contributed by atoms with Crippen molar-refractivity contribution in [2.24, 2.45) is 0 Å². The zero-order valence-electron chi connectivity index (χ0n) is 16.8. The molecule has 0 amide bonds. The number of nitrogens with zero attached hydrogens (tertiary/aromatic N) is 2. The van der Waals surface area contributed by atoms with Crippen molar-refractivity contribution in [1.29, 1.82) is 0 Å². The number of pyridine rings is 1. The highest BCUT2D eigenvalue weighted by Gasteiger charge is 2.23. The monoisotopic (exact) mass is 476 g/mol. The highest BCUT2D eigenvalue weighted by Crippen LogP contribution is 2.34. The van der Waals surface area contributed by atoms with Crippen LogP contribution in [-0.4, -0.2) is 60.8 Å². The van der Waals surface area contributed by atoms with E-state index in [1.165, 1.54) is 38.4 Å². The van der Waals surface area contributed by atoms with Gasteiger partial charge in [-0.15, -0.1) is 0 Å². The minimum absolute atomic E-state index is 0.00604. The largest absolute Gasteiger partial charge is 0.504 e. The molecule has 0 bridgehead atoms. The molecule has 8 nitrogen and oxygen atoms in total. The van der Waals surface area contributed by atoms with E-state index in [9.17, 15) is 18.3 Å². The molecule has 164 valence electrons. The number of phenols is 1. The maximum atomic E-state index is 12.2. The maximum Gasteiger partial charge on any atom is 0.347 e. The number of hydrogen-bond acceptors (Lipinski definition) is 7. The number of benzene rings is 1. The zero-order chi connectivity index (χ0) is 22.6. The van der Waals surface area contributed by atoms with Crippen LogP contribution in [0.25, 0.3) is 11.3 Å². The fourth-order valence-electron chi connectivity index (χ4n) is 2.46. The molecule has 2 atom stereocenters. The zero-order valence-corrected chi connectivity index (χ0v) is 19.1. The summed E-state index contributed by atoms with van der Waals surface area (Å²) in [4.78, 5) is 16.4. The van der Waals surface area contributed by atoms with E-state index < -0.39 is 28.2 Å². The molecular formula is C19H22Cl2N2O6S. The van der Waals surface area contributed by atoms with Crippen LogP contribution in [0.3, 0.4) is 0 Å². The average molecular weight is 477 g/mol. The van der Waals surface area contributed by atoms with Gasteiger partial charge in [0.25, 0.3) is 0 Å². The molecule has 2 aromatic rings. The molecule has 1 aromatic carbocycles. The number of esters is 1. The fraction of sp³-hybridized carbons (Fsp3) is 0.368. The topological polar surface area (TPSA) is 106 Å². The van der Waals surface area contributed by atoms with Gasteiger partial charge < -0.3 is 14.6 Å². The van der Waals surface area contributed by atoms with Crippen molar-refractivity contribution in [3.63, 3.8) is 0 Å². The summed E-state index contributed by atoms with van der Waals surface area (Å²) >= 11 is 12.0. The number of carbonyl (C=O) groups excluding carboxylic acids is 1. The van der Waals surface area contributed by atoms with E-state index in [1.54, 1.807) is 13.0 Å². The second kappa shape index (κ2) is 9.82. The van der Waals surface area contributed by atoms with Gasteiger partial charge in [-0.1, -0.05) is 23.2 Å². The number of ether oxygens (including phenoxy) is 2. The van der Waals surface area contributed by atoms with E-state index in [2.05, 4.69) is 4.98 Å². The van der Waals surface area contributed by atoms with Gasteiger partial charge in [0.2, 0.25) is 10.0 Å². The molecule has 0 radical (unpaired) electrons. The SMILES string of the molecule is CC(CN(C)S(C)(=O)=O)OC(=O)C(C)Oc1ccc(-c2ncc(Cl)cc2Cl)cc1O. The van der Waals surface area contributed by atoms with Gasteiger partial charge in [0.05, 0.1) is 28.5 Å². The molecule has 0 spiro atoms. The Labute approximate surface area is 185 Å². The molecule has 0 aliphatic rings. The van der Waals surface area contributed by atoms with E-state index in [-0.39, 0.29) is 18.0 Å². The first-order chi connectivity index (χ1) is 13.9. The number of halogens is 2. The quantitative estimate of drug-likeness (QED) is 0.582. The van der Waals surface area contributed by atoms with Crippen molar-refractivity contribution in [2.75, 3.05) is 19.8 Å². The Kier molecular flexibility index (Phi) is 7.93. The van der Waals surface area contributed by atoms with Crippen LogP contribution >= 0.6 is 23.2 Å². The molecule has 1 aromatic heterocycles. The van der Waals surface area contributed by atoms with E-state index in [1.807, 2.05) is 0 Å². The van der Waals surface area contributed by atoms with E-state index in [0.717, 1.165) is 10.6 Å². The third kappa shape index (κ3) is 6.46. The van der Waals surface area contributed by atoms with Crippen molar-refractivity contribution in [3.05, 3.63) is 40.5 Å². The summed E-state index contributed by atoms with van der Waals surface area (Å²) in [6, 6.07) is 6.04. The lowest BCUT2D eigenvalue weighted by Crippen LogP contribution is -2.37. The predicted molar refractivity (Wildman–Crippen MR) is 114 cm³/mol. The molecule has 0 saturated carbocycles. The van der Waals surface area contributed by atoms with Gasteiger partial charge in [0.1, 0.15) is 6.10 Å². The van der Waals surface area contributed by atoms with Crippen LogP contribution in [0.2, 0.25) is 10.0 Å². The number of likely N-dealkylation sites (N-methyl/N-ethyl adjacent to an activating group) is 1. The maximum absolute atomic E-state index is 12.2. The lowest BCUT2D eigenvalue weighted by Gasteiger charge is -2.22. The number of rotatable bonds is 8. The Morgan fingerprint density at radius 1 is 1.27 bits per heavy atom. The van der Waals surface area contributed by atoms with Crippen molar-refractivity contribution in [2.45, 2.75) is 26.1 Å². The molecule has 2 rings (SSSR count). The second-order valence-corrected chi connectivity index (χ2v) is 9.65. The standard InChI is InChI=1S/C19H22Cl2N2O6S/c1-11(10-23(3)30(4,26)27)28-19(25)12(2)29-17-6-5-13(7-16(17)24)18-15(21)8-14(20)9-22-18/h5-9,11-12,24H,10H2,1-4H3. The molecule has 11 heteroatoms. The number of hydrogen-bond donors (Lipinski definition) is 1. The highest BCUT2D eigenvalue weighted by molar-refractivity contribution is 7.88. The molecule has 0 saturated heterocycles. The number of sulfonamides is 1. The molecular weight excluding hydrogens is 455 g/mol. The molecule has 0 aliphatic heterocycles. The predicted octanol–water partition coefficient (Wildman–Crippen LogP) is 3.35. The minimum Gasteiger partial charge on any atom is -0.504 e. The van der Waals surface area contributed by atoms with Crippen molar-refractivity contribution in [1.82, 2.24) is 9.29 Å². The smallest absolute Gasteiger partial charge is 0.347 e. The first-order valence-electron chi connectivity index (χ1n) is 8.81. The van der Waals surface area contributed by atoms with E-state index >= 15 is 0 Å². The van der Waals surface area contributed by atoms with Crippen molar-refractivity contribution >= 4 is 39.2 Å². The molecule has 30 heavy (non-hydrogen) atoms. The van der Waals surface area contributed by atoms with Gasteiger partial charge in [0, 0.05) is 18.8 Å². The van der Waals surface area contributed by atoms with Crippen LogP contribution in [0.15, 0.2) is 30.5 Å². The van der Waals surface area contributed by atoms with Gasteiger partial charge in [-0.3, -0.25) is 4.98 Å². The van der Waals surface area contributed by atoms with Gasteiger partial charge >= 0.3 is 5.97 Å². The molecule has 1 N–H and O–H groups in total. The van der Waals surface area contributed by atoms with Crippen molar-refractivity contribution < 1.29 is 27.8 Å². The summed E-state index contributed by atoms with van der Waals surface area (Å²) in [7, 11) is -1.99. The summed E-state index contributed by atoms with van der Waals surface area (Å²) < 4.78 is 34.7. The number of aromatic nitrogens is 1.